The summed E-state index contributed by atoms with van der Waals surface area (Å²) in [4.78, 5) is 0. The first kappa shape index (κ1) is 13.7. The van der Waals surface area contributed by atoms with E-state index in [2.05, 4.69) is 0 Å². The minimum absolute atomic E-state index is 0.00980. The second-order valence-electron chi connectivity index (χ2n) is 5.68. The van der Waals surface area contributed by atoms with Gasteiger partial charge < -0.3 is 23.7 Å². The van der Waals surface area contributed by atoms with Crippen LogP contribution in [0.5, 0.6) is 0 Å². The molecular formula is C16H20O5. The SMILES string of the molecule is CC[C@H]1O[C@H]2O[C@@H]3CO[C@@H](c4ccccc4)O[C@H]3C[C@H]2O1. The Balaban J connectivity index is 1.44. The summed E-state index contributed by atoms with van der Waals surface area (Å²) in [6.07, 6.45) is 0.730. The Morgan fingerprint density at radius 2 is 1.81 bits per heavy atom. The van der Waals surface area contributed by atoms with Crippen molar-refractivity contribution in [3.05, 3.63) is 35.9 Å². The first-order valence-corrected chi connectivity index (χ1v) is 7.62. The molecule has 5 nitrogen and oxygen atoms in total. The molecule has 0 bridgehead atoms. The van der Waals surface area contributed by atoms with E-state index in [1.165, 1.54) is 0 Å². The number of rotatable bonds is 2. The van der Waals surface area contributed by atoms with Gasteiger partial charge in [-0.3, -0.25) is 0 Å². The van der Waals surface area contributed by atoms with Crippen molar-refractivity contribution in [3.63, 3.8) is 0 Å². The summed E-state index contributed by atoms with van der Waals surface area (Å²) in [5, 5.41) is 0. The van der Waals surface area contributed by atoms with E-state index in [9.17, 15) is 0 Å². The molecule has 3 aliphatic heterocycles. The molecular weight excluding hydrogens is 272 g/mol. The van der Waals surface area contributed by atoms with Gasteiger partial charge in [0.1, 0.15) is 12.2 Å². The van der Waals surface area contributed by atoms with Gasteiger partial charge in [-0.05, 0) is 6.42 Å². The normalized spacial score (nSPS) is 42.3. The van der Waals surface area contributed by atoms with Gasteiger partial charge in [0.25, 0.3) is 0 Å². The molecule has 3 aliphatic rings. The molecule has 0 spiro atoms. The summed E-state index contributed by atoms with van der Waals surface area (Å²) < 4.78 is 29.4. The van der Waals surface area contributed by atoms with Crippen molar-refractivity contribution in [1.29, 1.82) is 0 Å². The fraction of sp³-hybridized carbons (Fsp3) is 0.625. The average Bonchev–Trinajstić information content (AvgIpc) is 2.95. The molecule has 1 aromatic rings. The van der Waals surface area contributed by atoms with Gasteiger partial charge in [-0.15, -0.1) is 0 Å². The van der Waals surface area contributed by atoms with Crippen molar-refractivity contribution in [2.45, 2.75) is 56.9 Å². The fourth-order valence-electron chi connectivity index (χ4n) is 3.10. The Morgan fingerprint density at radius 3 is 2.62 bits per heavy atom. The van der Waals surface area contributed by atoms with Crippen molar-refractivity contribution in [2.75, 3.05) is 6.61 Å². The highest BCUT2D eigenvalue weighted by Gasteiger charge is 2.48. The second-order valence-corrected chi connectivity index (χ2v) is 5.68. The molecule has 6 atom stereocenters. The van der Waals surface area contributed by atoms with Gasteiger partial charge in [0.15, 0.2) is 18.9 Å². The Morgan fingerprint density at radius 1 is 0.952 bits per heavy atom. The standard InChI is InChI=1S/C16H20O5/c1-2-14-18-12-8-11-13(20-16(12)21-14)9-17-15(19-11)10-6-4-3-5-7-10/h3-7,11-16H,2,8-9H2,1H3/t11-,12+,13+,14+,15+,16+/m0/s1. The summed E-state index contributed by atoms with van der Waals surface area (Å²) in [5.74, 6) is 0. The van der Waals surface area contributed by atoms with Gasteiger partial charge in [0, 0.05) is 12.0 Å². The maximum absolute atomic E-state index is 6.07. The minimum Gasteiger partial charge on any atom is -0.346 e. The summed E-state index contributed by atoms with van der Waals surface area (Å²) in [7, 11) is 0. The molecule has 21 heavy (non-hydrogen) atoms. The lowest BCUT2D eigenvalue weighted by atomic mass is 10.0. The quantitative estimate of drug-likeness (QED) is 0.837. The number of benzene rings is 1. The van der Waals surface area contributed by atoms with E-state index < -0.39 is 0 Å². The third-order valence-corrected chi connectivity index (χ3v) is 4.22. The van der Waals surface area contributed by atoms with Crippen LogP contribution in [0, 0.1) is 0 Å². The Hall–Kier alpha value is -0.980. The van der Waals surface area contributed by atoms with Crippen LogP contribution >= 0.6 is 0 Å². The van der Waals surface area contributed by atoms with E-state index in [4.69, 9.17) is 23.7 Å². The molecule has 4 rings (SSSR count). The number of hydrogen-bond donors (Lipinski definition) is 0. The highest BCUT2D eigenvalue weighted by molar-refractivity contribution is 5.16. The average molecular weight is 292 g/mol. The van der Waals surface area contributed by atoms with Crippen molar-refractivity contribution in [3.8, 4) is 0 Å². The van der Waals surface area contributed by atoms with Gasteiger partial charge in [-0.25, -0.2) is 0 Å². The highest BCUT2D eigenvalue weighted by Crippen LogP contribution is 2.38. The molecule has 0 radical (unpaired) electrons. The zero-order valence-electron chi connectivity index (χ0n) is 12.0. The number of fused-ring (bicyclic) bond motifs is 2. The molecule has 0 unspecified atom stereocenters. The van der Waals surface area contributed by atoms with Crippen LogP contribution in [-0.4, -0.2) is 37.5 Å². The molecule has 3 fully saturated rings. The first-order chi connectivity index (χ1) is 10.3. The summed E-state index contributed by atoms with van der Waals surface area (Å²) >= 11 is 0. The summed E-state index contributed by atoms with van der Waals surface area (Å²) in [6.45, 7) is 2.56. The van der Waals surface area contributed by atoms with Gasteiger partial charge in [-0.1, -0.05) is 37.3 Å². The molecule has 0 saturated carbocycles. The van der Waals surface area contributed by atoms with Crippen LogP contribution in [0.15, 0.2) is 30.3 Å². The van der Waals surface area contributed by atoms with Gasteiger partial charge >= 0.3 is 0 Å². The van der Waals surface area contributed by atoms with Crippen LogP contribution in [0.25, 0.3) is 0 Å². The molecule has 3 heterocycles. The topological polar surface area (TPSA) is 46.2 Å². The molecule has 1 aromatic carbocycles. The van der Waals surface area contributed by atoms with E-state index in [0.29, 0.717) is 6.61 Å². The van der Waals surface area contributed by atoms with Crippen molar-refractivity contribution in [1.82, 2.24) is 0 Å². The number of hydrogen-bond acceptors (Lipinski definition) is 5. The monoisotopic (exact) mass is 292 g/mol. The van der Waals surface area contributed by atoms with Crippen molar-refractivity contribution >= 4 is 0 Å². The van der Waals surface area contributed by atoms with Gasteiger partial charge in [0.2, 0.25) is 0 Å². The van der Waals surface area contributed by atoms with Crippen LogP contribution in [0.1, 0.15) is 31.6 Å². The van der Waals surface area contributed by atoms with E-state index in [0.717, 1.165) is 18.4 Å². The zero-order valence-corrected chi connectivity index (χ0v) is 12.0. The lowest BCUT2D eigenvalue weighted by Crippen LogP contribution is -2.52. The van der Waals surface area contributed by atoms with Crippen LogP contribution in [0.2, 0.25) is 0 Å². The minimum atomic E-state index is -0.322. The number of ether oxygens (including phenoxy) is 5. The van der Waals surface area contributed by atoms with Crippen LogP contribution < -0.4 is 0 Å². The zero-order chi connectivity index (χ0) is 14.2. The smallest absolute Gasteiger partial charge is 0.187 e. The first-order valence-electron chi connectivity index (χ1n) is 7.62. The van der Waals surface area contributed by atoms with E-state index in [1.807, 2.05) is 37.3 Å². The third kappa shape index (κ3) is 2.60. The maximum Gasteiger partial charge on any atom is 0.187 e. The summed E-state index contributed by atoms with van der Waals surface area (Å²) in [5.41, 5.74) is 1.04. The largest absolute Gasteiger partial charge is 0.346 e. The lowest BCUT2D eigenvalue weighted by Gasteiger charge is -2.42. The predicted octanol–water partition coefficient (Wildman–Crippen LogP) is 2.37. The van der Waals surface area contributed by atoms with Gasteiger partial charge in [-0.2, -0.15) is 0 Å². The van der Waals surface area contributed by atoms with E-state index in [-0.39, 0.29) is 37.2 Å². The van der Waals surface area contributed by atoms with Gasteiger partial charge in [0.05, 0.1) is 12.7 Å². The molecule has 0 aromatic heterocycles. The van der Waals surface area contributed by atoms with Crippen molar-refractivity contribution < 1.29 is 23.7 Å². The molecule has 0 aliphatic carbocycles. The Bertz CT molecular complexity index is 479. The third-order valence-electron chi connectivity index (χ3n) is 4.22. The molecule has 0 N–H and O–H groups in total. The Labute approximate surface area is 124 Å². The van der Waals surface area contributed by atoms with E-state index in [1.54, 1.807) is 0 Å². The second kappa shape index (κ2) is 5.66. The van der Waals surface area contributed by atoms with Crippen LogP contribution in [0.4, 0.5) is 0 Å². The molecule has 3 saturated heterocycles. The lowest BCUT2D eigenvalue weighted by molar-refractivity contribution is -0.314. The van der Waals surface area contributed by atoms with Crippen LogP contribution in [0.3, 0.4) is 0 Å². The predicted molar refractivity (Wildman–Crippen MR) is 73.3 cm³/mol. The maximum atomic E-state index is 6.07. The molecule has 0 amide bonds. The van der Waals surface area contributed by atoms with E-state index >= 15 is 0 Å². The Kier molecular flexibility index (Phi) is 3.69. The highest BCUT2D eigenvalue weighted by atomic mass is 16.8. The van der Waals surface area contributed by atoms with Crippen LogP contribution in [-0.2, 0) is 23.7 Å². The van der Waals surface area contributed by atoms with Crippen molar-refractivity contribution in [2.24, 2.45) is 0 Å². The molecule has 5 heteroatoms. The molecule has 114 valence electrons. The summed E-state index contributed by atoms with van der Waals surface area (Å²) in [6, 6.07) is 9.99. The fourth-order valence-corrected chi connectivity index (χ4v) is 3.10.